The van der Waals surface area contributed by atoms with E-state index in [0.717, 1.165) is 24.5 Å². The predicted octanol–water partition coefficient (Wildman–Crippen LogP) is 2.53. The summed E-state index contributed by atoms with van der Waals surface area (Å²) in [7, 11) is 0. The minimum absolute atomic E-state index is 0.0617. The minimum atomic E-state index is -0.0617. The summed E-state index contributed by atoms with van der Waals surface area (Å²) in [6.45, 7) is 2.33. The van der Waals surface area contributed by atoms with Gasteiger partial charge in [-0.15, -0.1) is 0 Å². The van der Waals surface area contributed by atoms with Crippen LogP contribution in [0.15, 0.2) is 36.7 Å². The van der Waals surface area contributed by atoms with Crippen LogP contribution in [-0.4, -0.2) is 29.7 Å². The Morgan fingerprint density at radius 3 is 2.55 bits per heavy atom. The maximum atomic E-state index is 5.85. The van der Waals surface area contributed by atoms with Crippen molar-refractivity contribution >= 4 is 23.0 Å². The minimum Gasteiger partial charge on any atom is -0.368 e. The molecular formula is C14H15ClN4O. The van der Waals surface area contributed by atoms with E-state index in [-0.39, 0.29) is 6.10 Å². The first kappa shape index (κ1) is 13.3. The maximum absolute atomic E-state index is 5.85. The molecule has 0 unspecified atom stereocenters. The van der Waals surface area contributed by atoms with Gasteiger partial charge < -0.3 is 15.4 Å². The monoisotopic (exact) mass is 290 g/mol. The number of aromatic nitrogens is 2. The summed E-state index contributed by atoms with van der Waals surface area (Å²) < 4.78 is 5.61. The number of morpholine rings is 1. The topological polar surface area (TPSA) is 59.1 Å². The lowest BCUT2D eigenvalue weighted by Crippen LogP contribution is -2.34. The van der Waals surface area contributed by atoms with E-state index in [0.29, 0.717) is 17.5 Å². The lowest BCUT2D eigenvalue weighted by molar-refractivity contribution is 0.0221. The Morgan fingerprint density at radius 2 is 1.90 bits per heavy atom. The molecule has 2 heterocycles. The number of anilines is 2. The van der Waals surface area contributed by atoms with Crippen LogP contribution in [0, 0.1) is 0 Å². The molecule has 1 aromatic carbocycles. The van der Waals surface area contributed by atoms with Crippen LogP contribution in [-0.2, 0) is 4.74 Å². The highest BCUT2D eigenvalue weighted by molar-refractivity contribution is 6.30. The van der Waals surface area contributed by atoms with E-state index >= 15 is 0 Å². The third-order valence-electron chi connectivity index (χ3n) is 3.02. The number of benzene rings is 1. The molecule has 1 aliphatic heterocycles. The van der Waals surface area contributed by atoms with Crippen LogP contribution in [0.2, 0.25) is 5.02 Å². The number of nitrogens with zero attached hydrogens (tertiary/aromatic N) is 2. The second kappa shape index (κ2) is 6.17. The number of nitrogens with one attached hydrogen (secondary N) is 2. The highest BCUT2D eigenvalue weighted by atomic mass is 35.5. The van der Waals surface area contributed by atoms with E-state index in [1.807, 2.05) is 24.3 Å². The van der Waals surface area contributed by atoms with Gasteiger partial charge in [-0.25, -0.2) is 9.97 Å². The molecule has 2 N–H and O–H groups in total. The molecule has 6 heteroatoms. The highest BCUT2D eigenvalue weighted by Crippen LogP contribution is 2.19. The first-order chi connectivity index (χ1) is 9.81. The number of halogens is 1. The van der Waals surface area contributed by atoms with Gasteiger partial charge in [-0.1, -0.05) is 11.6 Å². The van der Waals surface area contributed by atoms with Gasteiger partial charge in [-0.2, -0.15) is 0 Å². The molecule has 0 radical (unpaired) electrons. The van der Waals surface area contributed by atoms with Gasteiger partial charge in [-0.05, 0) is 24.3 Å². The summed E-state index contributed by atoms with van der Waals surface area (Å²) in [6, 6.07) is 7.48. The fourth-order valence-electron chi connectivity index (χ4n) is 2.00. The second-order valence-corrected chi connectivity index (χ2v) is 4.96. The first-order valence-corrected chi connectivity index (χ1v) is 6.86. The fraction of sp³-hybridized carbons (Fsp3) is 0.286. The SMILES string of the molecule is Clc1ccc(Nc2cnc([C@@H]3CNCCO3)nc2)cc1. The van der Waals surface area contributed by atoms with Crippen LogP contribution < -0.4 is 10.6 Å². The molecular weight excluding hydrogens is 276 g/mol. The summed E-state index contributed by atoms with van der Waals surface area (Å²) in [5.74, 6) is 0.707. The van der Waals surface area contributed by atoms with Crippen molar-refractivity contribution in [2.75, 3.05) is 25.0 Å². The molecule has 1 aromatic heterocycles. The quantitative estimate of drug-likeness (QED) is 0.910. The van der Waals surface area contributed by atoms with Gasteiger partial charge in [0, 0.05) is 23.8 Å². The van der Waals surface area contributed by atoms with Gasteiger partial charge in [0.1, 0.15) is 6.10 Å². The zero-order valence-electron chi connectivity index (χ0n) is 10.8. The molecule has 1 saturated heterocycles. The number of hydrogen-bond acceptors (Lipinski definition) is 5. The normalized spacial score (nSPS) is 18.8. The molecule has 0 aliphatic carbocycles. The summed E-state index contributed by atoms with van der Waals surface area (Å²) in [5, 5.41) is 7.19. The maximum Gasteiger partial charge on any atom is 0.158 e. The Labute approximate surface area is 122 Å². The second-order valence-electron chi connectivity index (χ2n) is 4.53. The first-order valence-electron chi connectivity index (χ1n) is 6.48. The van der Waals surface area contributed by atoms with Crippen LogP contribution in [0.1, 0.15) is 11.9 Å². The van der Waals surface area contributed by atoms with Crippen LogP contribution in [0.25, 0.3) is 0 Å². The molecule has 0 amide bonds. The summed E-state index contributed by atoms with van der Waals surface area (Å²) in [6.07, 6.45) is 3.46. The molecule has 1 atom stereocenters. The van der Waals surface area contributed by atoms with E-state index in [4.69, 9.17) is 16.3 Å². The number of rotatable bonds is 3. The van der Waals surface area contributed by atoms with E-state index in [1.54, 1.807) is 12.4 Å². The molecule has 104 valence electrons. The van der Waals surface area contributed by atoms with Crippen LogP contribution >= 0.6 is 11.6 Å². The molecule has 2 aromatic rings. The standard InChI is InChI=1S/C14H15ClN4O/c15-10-1-3-11(4-2-10)19-12-7-17-14(18-8-12)13-9-16-5-6-20-13/h1-4,7-8,13,16,19H,5-6,9H2/t13-/m0/s1. The lowest BCUT2D eigenvalue weighted by Gasteiger charge is -2.22. The van der Waals surface area contributed by atoms with Gasteiger partial charge in [0.05, 0.1) is 24.7 Å². The van der Waals surface area contributed by atoms with Crippen molar-refractivity contribution < 1.29 is 4.74 Å². The predicted molar refractivity (Wildman–Crippen MR) is 78.3 cm³/mol. The average molecular weight is 291 g/mol. The molecule has 0 spiro atoms. The van der Waals surface area contributed by atoms with Crippen molar-refractivity contribution in [3.8, 4) is 0 Å². The average Bonchev–Trinajstić information content (AvgIpc) is 2.51. The molecule has 0 bridgehead atoms. The zero-order chi connectivity index (χ0) is 13.8. The fourth-order valence-corrected chi connectivity index (χ4v) is 2.13. The Balaban J connectivity index is 1.67. The van der Waals surface area contributed by atoms with Crippen LogP contribution in [0.4, 0.5) is 11.4 Å². The van der Waals surface area contributed by atoms with Crippen molar-refractivity contribution in [3.05, 3.63) is 47.5 Å². The van der Waals surface area contributed by atoms with Crippen molar-refractivity contribution in [3.63, 3.8) is 0 Å². The van der Waals surface area contributed by atoms with Gasteiger partial charge in [-0.3, -0.25) is 0 Å². The third kappa shape index (κ3) is 3.25. The van der Waals surface area contributed by atoms with Gasteiger partial charge in [0.2, 0.25) is 0 Å². The van der Waals surface area contributed by atoms with Crippen LogP contribution in [0.5, 0.6) is 0 Å². The summed E-state index contributed by atoms with van der Waals surface area (Å²) >= 11 is 5.85. The largest absolute Gasteiger partial charge is 0.368 e. The van der Waals surface area contributed by atoms with Crippen LogP contribution in [0.3, 0.4) is 0 Å². The smallest absolute Gasteiger partial charge is 0.158 e. The van der Waals surface area contributed by atoms with Gasteiger partial charge >= 0.3 is 0 Å². The molecule has 1 aliphatic rings. The van der Waals surface area contributed by atoms with Crippen molar-refractivity contribution in [1.82, 2.24) is 15.3 Å². The number of hydrogen-bond donors (Lipinski definition) is 2. The van der Waals surface area contributed by atoms with Gasteiger partial charge in [0.15, 0.2) is 5.82 Å². The molecule has 1 fully saturated rings. The van der Waals surface area contributed by atoms with Crippen molar-refractivity contribution in [2.24, 2.45) is 0 Å². The van der Waals surface area contributed by atoms with Gasteiger partial charge in [0.25, 0.3) is 0 Å². The van der Waals surface area contributed by atoms with Crippen molar-refractivity contribution in [2.45, 2.75) is 6.10 Å². The van der Waals surface area contributed by atoms with E-state index in [1.165, 1.54) is 0 Å². The molecule has 20 heavy (non-hydrogen) atoms. The zero-order valence-corrected chi connectivity index (χ0v) is 11.6. The van der Waals surface area contributed by atoms with E-state index in [2.05, 4.69) is 20.6 Å². The lowest BCUT2D eigenvalue weighted by atomic mass is 10.3. The Hall–Kier alpha value is -1.69. The third-order valence-corrected chi connectivity index (χ3v) is 3.27. The molecule has 3 rings (SSSR count). The number of ether oxygens (including phenoxy) is 1. The molecule has 0 saturated carbocycles. The highest BCUT2D eigenvalue weighted by Gasteiger charge is 2.17. The summed E-state index contributed by atoms with van der Waals surface area (Å²) in [5.41, 5.74) is 1.78. The molecule has 5 nitrogen and oxygen atoms in total. The van der Waals surface area contributed by atoms with E-state index < -0.39 is 0 Å². The summed E-state index contributed by atoms with van der Waals surface area (Å²) in [4.78, 5) is 8.70. The Kier molecular flexibility index (Phi) is 4.11. The van der Waals surface area contributed by atoms with Crippen molar-refractivity contribution in [1.29, 1.82) is 0 Å². The Morgan fingerprint density at radius 1 is 1.15 bits per heavy atom. The Bertz CT molecular complexity index is 552. The van der Waals surface area contributed by atoms with E-state index in [9.17, 15) is 0 Å².